The lowest BCUT2D eigenvalue weighted by Gasteiger charge is -2.16. The van der Waals surface area contributed by atoms with Crippen LogP contribution in [-0.2, 0) is 0 Å². The number of anilines is 1. The molecule has 32 heavy (non-hydrogen) atoms. The first-order valence-corrected chi connectivity index (χ1v) is 10.7. The van der Waals surface area contributed by atoms with Gasteiger partial charge in [-0.3, -0.25) is 4.79 Å². The second-order valence-corrected chi connectivity index (χ2v) is 7.71. The molecule has 0 N–H and O–H groups in total. The summed E-state index contributed by atoms with van der Waals surface area (Å²) in [5.74, 6) is 0.911. The molecule has 1 aromatic heterocycles. The summed E-state index contributed by atoms with van der Waals surface area (Å²) in [6.07, 6.45) is 4.10. The third-order valence-corrected chi connectivity index (χ3v) is 5.73. The standard InChI is InChI=1S/C29H23N2O/c1-30-26(23-15-7-3-8-16-23)21-25(22-13-5-2-6-14-22)28(31-20-12-11-19-27(30)31)29(32)24-17-9-4-10-18-24/h2-21H,1H3/q+1. The van der Waals surface area contributed by atoms with Gasteiger partial charge in [0.15, 0.2) is 5.70 Å². The van der Waals surface area contributed by atoms with Gasteiger partial charge < -0.3 is 0 Å². The van der Waals surface area contributed by atoms with Crippen molar-refractivity contribution in [1.29, 1.82) is 0 Å². The van der Waals surface area contributed by atoms with Crippen molar-refractivity contribution in [2.75, 3.05) is 11.9 Å². The van der Waals surface area contributed by atoms with E-state index in [1.165, 1.54) is 0 Å². The Morgan fingerprint density at radius 3 is 1.91 bits per heavy atom. The molecule has 0 saturated heterocycles. The SMILES string of the molecule is CN1C(c2ccccc2)=CC(c2ccccc2)=C(C(=O)c2ccccc2)[n+]2ccccc21. The minimum atomic E-state index is -0.0131. The number of carbonyl (C=O) groups excluding carboxylic acids is 1. The van der Waals surface area contributed by atoms with Crippen molar-refractivity contribution in [1.82, 2.24) is 0 Å². The number of Topliss-reactive ketones (excluding diaryl/α,β-unsaturated/α-hetero) is 1. The van der Waals surface area contributed by atoms with Crippen molar-refractivity contribution >= 4 is 28.6 Å². The number of benzene rings is 3. The van der Waals surface area contributed by atoms with Crippen molar-refractivity contribution in [3.63, 3.8) is 0 Å². The first-order chi connectivity index (χ1) is 15.7. The molecule has 154 valence electrons. The largest absolute Gasteiger partial charge is 0.286 e. The molecule has 4 aromatic rings. The molecule has 1 aliphatic rings. The van der Waals surface area contributed by atoms with Gasteiger partial charge in [-0.1, -0.05) is 97.1 Å². The highest BCUT2D eigenvalue weighted by molar-refractivity contribution is 6.29. The minimum Gasteiger partial charge on any atom is -0.284 e. The van der Waals surface area contributed by atoms with Crippen molar-refractivity contribution in [3.05, 3.63) is 138 Å². The van der Waals surface area contributed by atoms with Gasteiger partial charge in [-0.25, -0.2) is 4.90 Å². The van der Waals surface area contributed by atoms with Gasteiger partial charge in [0.05, 0.1) is 13.2 Å². The van der Waals surface area contributed by atoms with Crippen LogP contribution in [0.1, 0.15) is 21.5 Å². The van der Waals surface area contributed by atoms with Gasteiger partial charge in [0.25, 0.3) is 5.82 Å². The van der Waals surface area contributed by atoms with Crippen LogP contribution < -0.4 is 9.47 Å². The average Bonchev–Trinajstić information content (AvgIpc) is 3.00. The third kappa shape index (κ3) is 3.54. The number of pyridine rings is 1. The molecule has 0 unspecified atom stereocenters. The topological polar surface area (TPSA) is 24.2 Å². The monoisotopic (exact) mass is 415 g/mol. The number of carbonyl (C=O) groups is 1. The lowest BCUT2D eigenvalue weighted by Crippen LogP contribution is -2.41. The van der Waals surface area contributed by atoms with E-state index in [1.807, 2.05) is 103 Å². The van der Waals surface area contributed by atoms with Crippen LogP contribution in [0.3, 0.4) is 0 Å². The van der Waals surface area contributed by atoms with Crippen LogP contribution in [0.15, 0.2) is 121 Å². The van der Waals surface area contributed by atoms with Gasteiger partial charge >= 0.3 is 0 Å². The summed E-state index contributed by atoms with van der Waals surface area (Å²) in [7, 11) is 2.04. The molecule has 0 atom stereocenters. The molecule has 0 spiro atoms. The Morgan fingerprint density at radius 2 is 1.25 bits per heavy atom. The Morgan fingerprint density at radius 1 is 0.688 bits per heavy atom. The predicted molar refractivity (Wildman–Crippen MR) is 130 cm³/mol. The van der Waals surface area contributed by atoms with Crippen LogP contribution >= 0.6 is 0 Å². The summed E-state index contributed by atoms with van der Waals surface area (Å²) in [6, 6.07) is 35.9. The molecule has 0 radical (unpaired) electrons. The number of fused-ring (bicyclic) bond motifs is 1. The quantitative estimate of drug-likeness (QED) is 0.315. The van der Waals surface area contributed by atoms with Crippen LogP contribution in [0, 0.1) is 0 Å². The van der Waals surface area contributed by atoms with E-state index in [0.29, 0.717) is 11.3 Å². The molecular formula is C29H23N2O+. The number of allylic oxidation sites excluding steroid dienone is 3. The Labute approximate surface area is 188 Å². The van der Waals surface area contributed by atoms with Crippen LogP contribution in [-0.4, -0.2) is 12.8 Å². The van der Waals surface area contributed by atoms with Crippen molar-refractivity contribution in [3.8, 4) is 0 Å². The van der Waals surface area contributed by atoms with Crippen LogP contribution in [0.25, 0.3) is 17.0 Å². The Balaban J connectivity index is 1.86. The van der Waals surface area contributed by atoms with E-state index in [4.69, 9.17) is 0 Å². The highest BCUT2D eigenvalue weighted by Gasteiger charge is 2.33. The summed E-state index contributed by atoms with van der Waals surface area (Å²) >= 11 is 0. The molecule has 2 heterocycles. The molecule has 5 rings (SSSR count). The molecular weight excluding hydrogens is 392 g/mol. The zero-order chi connectivity index (χ0) is 21.9. The van der Waals surface area contributed by atoms with Crippen molar-refractivity contribution < 1.29 is 9.36 Å². The number of nitrogens with zero attached hydrogens (tertiary/aromatic N) is 2. The number of rotatable bonds is 4. The summed E-state index contributed by atoms with van der Waals surface area (Å²) in [5.41, 5.74) is 5.30. The van der Waals surface area contributed by atoms with Gasteiger partial charge in [0.1, 0.15) is 5.70 Å². The lowest BCUT2D eigenvalue weighted by atomic mass is 9.96. The van der Waals surface area contributed by atoms with Crippen LogP contribution in [0.5, 0.6) is 0 Å². The smallest absolute Gasteiger partial charge is 0.284 e. The molecule has 3 heteroatoms. The van der Waals surface area contributed by atoms with Crippen LogP contribution in [0.4, 0.5) is 5.82 Å². The Hall–Kier alpha value is -4.24. The first-order valence-electron chi connectivity index (χ1n) is 10.7. The molecule has 0 saturated carbocycles. The zero-order valence-corrected chi connectivity index (χ0v) is 17.8. The van der Waals surface area contributed by atoms with Gasteiger partial charge in [-0.2, -0.15) is 4.57 Å². The van der Waals surface area contributed by atoms with E-state index >= 15 is 0 Å². The molecule has 0 aliphatic carbocycles. The second-order valence-electron chi connectivity index (χ2n) is 7.71. The van der Waals surface area contributed by atoms with E-state index in [1.54, 1.807) is 0 Å². The highest BCUT2D eigenvalue weighted by atomic mass is 16.1. The van der Waals surface area contributed by atoms with Gasteiger partial charge in [-0.15, -0.1) is 0 Å². The minimum absolute atomic E-state index is 0.0131. The Kier molecular flexibility index (Phi) is 5.22. The van der Waals surface area contributed by atoms with Gasteiger partial charge in [0.2, 0.25) is 5.78 Å². The van der Waals surface area contributed by atoms with E-state index in [9.17, 15) is 4.79 Å². The fraction of sp³-hybridized carbons (Fsp3) is 0.0345. The maximum atomic E-state index is 13.9. The number of ketones is 1. The van der Waals surface area contributed by atoms with E-state index in [0.717, 1.165) is 28.2 Å². The van der Waals surface area contributed by atoms with Crippen molar-refractivity contribution in [2.45, 2.75) is 0 Å². The molecule has 0 fully saturated rings. The van der Waals surface area contributed by atoms with E-state index < -0.39 is 0 Å². The zero-order valence-electron chi connectivity index (χ0n) is 17.8. The molecule has 0 amide bonds. The predicted octanol–water partition coefficient (Wildman–Crippen LogP) is 5.72. The number of hydrogen-bond acceptors (Lipinski definition) is 2. The fourth-order valence-corrected chi connectivity index (χ4v) is 4.13. The molecule has 0 bridgehead atoms. The first kappa shape index (κ1) is 19.7. The van der Waals surface area contributed by atoms with Gasteiger partial charge in [-0.05, 0) is 17.7 Å². The number of hydrogen-bond donors (Lipinski definition) is 0. The maximum Gasteiger partial charge on any atom is 0.286 e. The Bertz CT molecular complexity index is 1320. The molecule has 1 aliphatic heterocycles. The van der Waals surface area contributed by atoms with Crippen molar-refractivity contribution in [2.24, 2.45) is 0 Å². The molecule has 3 nitrogen and oxygen atoms in total. The summed E-state index contributed by atoms with van der Waals surface area (Å²) in [5, 5.41) is 0. The third-order valence-electron chi connectivity index (χ3n) is 5.73. The number of aromatic nitrogens is 1. The highest BCUT2D eigenvalue weighted by Crippen LogP contribution is 2.33. The fourth-order valence-electron chi connectivity index (χ4n) is 4.13. The molecule has 3 aromatic carbocycles. The maximum absolute atomic E-state index is 13.9. The van der Waals surface area contributed by atoms with E-state index in [-0.39, 0.29) is 5.78 Å². The summed E-state index contributed by atoms with van der Waals surface area (Å²) in [4.78, 5) is 16.1. The van der Waals surface area contributed by atoms with E-state index in [2.05, 4.69) is 35.2 Å². The summed E-state index contributed by atoms with van der Waals surface area (Å²) in [6.45, 7) is 0. The normalized spacial score (nSPS) is 13.3. The summed E-state index contributed by atoms with van der Waals surface area (Å²) < 4.78 is 2.00. The van der Waals surface area contributed by atoms with Gasteiger partial charge in [0, 0.05) is 22.8 Å². The lowest BCUT2D eigenvalue weighted by molar-refractivity contribution is -0.562. The average molecular weight is 416 g/mol. The second kappa shape index (κ2) is 8.48. The van der Waals surface area contributed by atoms with Crippen LogP contribution in [0.2, 0.25) is 0 Å².